The third-order valence-corrected chi connectivity index (χ3v) is 13.4. The number of aliphatic hydroxyl groups excluding tert-OH is 3. The lowest BCUT2D eigenvalue weighted by molar-refractivity contribution is -0.147. The Labute approximate surface area is 325 Å². The van der Waals surface area contributed by atoms with Gasteiger partial charge in [-0.05, 0) is 52.5 Å². The molecule has 0 aliphatic rings. The molecule has 0 radical (unpaired) electrons. The van der Waals surface area contributed by atoms with Gasteiger partial charge in [0.1, 0.15) is 24.4 Å². The Morgan fingerprint density at radius 2 is 0.824 bits per heavy atom. The Bertz CT molecular complexity index is 1220. The van der Waals surface area contributed by atoms with Crippen molar-refractivity contribution in [2.75, 3.05) is 23.0 Å². The second-order valence-corrected chi connectivity index (χ2v) is 18.1. The lowest BCUT2D eigenvalue weighted by Crippen LogP contribution is -2.46. The minimum Gasteiger partial charge on any atom is -0.390 e. The summed E-state index contributed by atoms with van der Waals surface area (Å²) in [7, 11) is 0. The van der Waals surface area contributed by atoms with Gasteiger partial charge in [0.25, 0.3) is 0 Å². The molecule has 0 bridgehead atoms. The molecule has 10 heteroatoms. The second kappa shape index (κ2) is 28.3. The smallest absolute Gasteiger partial charge is 0.112 e. The molecule has 0 saturated carbocycles. The molecule has 3 N–H and O–H groups in total. The van der Waals surface area contributed by atoms with Crippen LogP contribution in [0.5, 0.6) is 0 Å². The van der Waals surface area contributed by atoms with Gasteiger partial charge in [-0.15, -0.1) is 47.0 Å². The molecule has 0 spiro atoms. The van der Waals surface area contributed by atoms with Crippen LogP contribution in [0.25, 0.3) is 0 Å². The standard InChI is InChI=1S/C31H40O3S2.C10H22O3S2/c1-4-28(32-22-25-16-10-7-11-17-25)29(33-23-26-18-12-8-13-19-26)30(31(35-5-2)36-6-3)34-24-27-20-14-9-15-21-27;1-4-7(11)8(12)9(13)10(14-5-2)15-6-3/h7-21,28-31H,4-6,22-24H2,1-3H3;7-13H,4-6H2,1-3H3/t28-,29-,30+;7-,8-,9+/m11/s1. The molecule has 0 heterocycles. The molecule has 3 aromatic carbocycles. The first-order chi connectivity index (χ1) is 24.8. The Hall–Kier alpha value is -1.18. The van der Waals surface area contributed by atoms with E-state index < -0.39 is 18.3 Å². The summed E-state index contributed by atoms with van der Waals surface area (Å²) in [5.41, 5.74) is 3.50. The fourth-order valence-corrected chi connectivity index (χ4v) is 10.5. The second-order valence-electron chi connectivity index (χ2n) is 11.8. The van der Waals surface area contributed by atoms with E-state index in [0.717, 1.165) is 35.0 Å². The van der Waals surface area contributed by atoms with Crippen LogP contribution >= 0.6 is 47.0 Å². The molecule has 0 saturated heterocycles. The summed E-state index contributed by atoms with van der Waals surface area (Å²) >= 11 is 7.09. The van der Waals surface area contributed by atoms with Crippen molar-refractivity contribution in [2.45, 2.75) is 120 Å². The zero-order valence-electron chi connectivity index (χ0n) is 31.3. The van der Waals surface area contributed by atoms with E-state index in [1.807, 2.05) is 55.6 Å². The lowest BCUT2D eigenvalue weighted by atomic mass is 10.1. The van der Waals surface area contributed by atoms with Crippen molar-refractivity contribution in [3.8, 4) is 0 Å². The van der Waals surface area contributed by atoms with E-state index in [0.29, 0.717) is 26.2 Å². The van der Waals surface area contributed by atoms with Crippen molar-refractivity contribution in [1.29, 1.82) is 0 Å². The zero-order chi connectivity index (χ0) is 37.3. The van der Waals surface area contributed by atoms with Crippen molar-refractivity contribution >= 4 is 47.0 Å². The maximum atomic E-state index is 9.89. The Morgan fingerprint density at radius 1 is 0.451 bits per heavy atom. The molecule has 3 aromatic rings. The molecule has 6 nitrogen and oxygen atoms in total. The molecule has 0 fully saturated rings. The predicted molar refractivity (Wildman–Crippen MR) is 224 cm³/mol. The van der Waals surface area contributed by atoms with Crippen LogP contribution in [0, 0.1) is 0 Å². The Kier molecular flexibility index (Phi) is 25.5. The van der Waals surface area contributed by atoms with Crippen molar-refractivity contribution in [1.82, 2.24) is 0 Å². The first-order valence-corrected chi connectivity index (χ1v) is 22.5. The summed E-state index contributed by atoms with van der Waals surface area (Å²) in [5, 5.41) is 29.0. The molecule has 0 aliphatic carbocycles. The van der Waals surface area contributed by atoms with Gasteiger partial charge in [-0.2, -0.15) is 0 Å². The summed E-state index contributed by atoms with van der Waals surface area (Å²) < 4.78 is 20.2. The lowest BCUT2D eigenvalue weighted by Gasteiger charge is -2.37. The summed E-state index contributed by atoms with van der Waals surface area (Å²) in [6.45, 7) is 14.1. The first kappa shape index (κ1) is 46.0. The van der Waals surface area contributed by atoms with Gasteiger partial charge in [-0.1, -0.05) is 133 Å². The topological polar surface area (TPSA) is 88.4 Å². The van der Waals surface area contributed by atoms with Crippen LogP contribution in [0.1, 0.15) is 71.1 Å². The normalized spacial score (nSPS) is 15.1. The number of thioether (sulfide) groups is 4. The largest absolute Gasteiger partial charge is 0.390 e. The van der Waals surface area contributed by atoms with Crippen LogP contribution < -0.4 is 0 Å². The molecule has 0 amide bonds. The number of benzene rings is 3. The van der Waals surface area contributed by atoms with Crippen molar-refractivity contribution in [3.63, 3.8) is 0 Å². The highest BCUT2D eigenvalue weighted by Crippen LogP contribution is 2.34. The van der Waals surface area contributed by atoms with Gasteiger partial charge >= 0.3 is 0 Å². The molecule has 0 unspecified atom stereocenters. The third-order valence-electron chi connectivity index (χ3n) is 8.00. The molecule has 0 aromatic heterocycles. The van der Waals surface area contributed by atoms with Gasteiger partial charge in [0.2, 0.25) is 0 Å². The molecule has 286 valence electrons. The first-order valence-electron chi connectivity index (χ1n) is 18.3. The van der Waals surface area contributed by atoms with Crippen LogP contribution in [0.15, 0.2) is 91.0 Å². The number of ether oxygens (including phenoxy) is 3. The van der Waals surface area contributed by atoms with Gasteiger partial charge in [-0.25, -0.2) is 0 Å². The van der Waals surface area contributed by atoms with Crippen molar-refractivity contribution in [2.24, 2.45) is 0 Å². The van der Waals surface area contributed by atoms with E-state index in [-0.39, 0.29) is 27.5 Å². The van der Waals surface area contributed by atoms with Gasteiger partial charge in [-0.3, -0.25) is 0 Å². The predicted octanol–water partition coefficient (Wildman–Crippen LogP) is 9.30. The molecular formula is C41H62O6S4. The van der Waals surface area contributed by atoms with E-state index in [4.69, 9.17) is 14.2 Å². The zero-order valence-corrected chi connectivity index (χ0v) is 34.6. The highest BCUT2D eigenvalue weighted by atomic mass is 32.2. The van der Waals surface area contributed by atoms with Crippen LogP contribution in [-0.4, -0.2) is 84.1 Å². The minimum atomic E-state index is -1.04. The van der Waals surface area contributed by atoms with E-state index in [2.05, 4.69) is 93.6 Å². The number of rotatable bonds is 25. The van der Waals surface area contributed by atoms with Gasteiger partial charge in [0, 0.05) is 0 Å². The van der Waals surface area contributed by atoms with E-state index in [1.165, 1.54) is 11.1 Å². The SMILES string of the molecule is CCSC(SCC)[C@@H](O)[C@H](O)[C@H](O)CC.CCSC(SCC)[C@@H](OCc1ccccc1)[C@H](OCc1ccccc1)[C@@H](CC)OCc1ccccc1. The van der Waals surface area contributed by atoms with Crippen LogP contribution in [0.4, 0.5) is 0 Å². The average molecular weight is 779 g/mol. The summed E-state index contributed by atoms with van der Waals surface area (Å²) in [6, 6.07) is 31.2. The van der Waals surface area contributed by atoms with Crippen LogP contribution in [0.2, 0.25) is 0 Å². The monoisotopic (exact) mass is 778 g/mol. The highest BCUT2D eigenvalue weighted by molar-refractivity contribution is 8.17. The number of hydrogen-bond donors (Lipinski definition) is 3. The average Bonchev–Trinajstić information content (AvgIpc) is 3.17. The van der Waals surface area contributed by atoms with E-state index >= 15 is 0 Å². The fourth-order valence-electron chi connectivity index (χ4n) is 5.27. The Balaban J connectivity index is 0.000000507. The number of hydrogen-bond acceptors (Lipinski definition) is 10. The van der Waals surface area contributed by atoms with E-state index in [1.54, 1.807) is 30.4 Å². The van der Waals surface area contributed by atoms with Gasteiger partial charge < -0.3 is 29.5 Å². The summed E-state index contributed by atoms with van der Waals surface area (Å²) in [5.74, 6) is 3.83. The Morgan fingerprint density at radius 3 is 1.20 bits per heavy atom. The maximum absolute atomic E-state index is 9.89. The number of aliphatic hydroxyl groups is 3. The van der Waals surface area contributed by atoms with Crippen LogP contribution in [0.3, 0.4) is 0 Å². The molecule has 3 rings (SSSR count). The summed E-state index contributed by atoms with van der Waals surface area (Å²) in [4.78, 5) is 0. The maximum Gasteiger partial charge on any atom is 0.112 e. The fraction of sp³-hybridized carbons (Fsp3) is 0.561. The molecule has 51 heavy (non-hydrogen) atoms. The van der Waals surface area contributed by atoms with Gasteiger partial charge in [0.05, 0.1) is 41.2 Å². The molecular weight excluding hydrogens is 717 g/mol. The molecule has 0 aliphatic heterocycles. The minimum absolute atomic E-state index is 0.0591. The van der Waals surface area contributed by atoms with E-state index in [9.17, 15) is 15.3 Å². The van der Waals surface area contributed by atoms with Crippen molar-refractivity contribution < 1.29 is 29.5 Å². The van der Waals surface area contributed by atoms with Crippen LogP contribution in [-0.2, 0) is 34.0 Å². The van der Waals surface area contributed by atoms with Gasteiger partial charge in [0.15, 0.2) is 0 Å². The summed E-state index contributed by atoms with van der Waals surface area (Å²) in [6.07, 6.45) is -1.86. The third kappa shape index (κ3) is 17.7. The van der Waals surface area contributed by atoms with Crippen molar-refractivity contribution in [3.05, 3.63) is 108 Å². The highest BCUT2D eigenvalue weighted by Gasteiger charge is 2.37. The quantitative estimate of drug-likeness (QED) is 0.0724. The molecule has 6 atom stereocenters.